The van der Waals surface area contributed by atoms with Crippen molar-refractivity contribution < 1.29 is 22.8 Å². The number of amides is 1. The highest BCUT2D eigenvalue weighted by molar-refractivity contribution is 6.24. The van der Waals surface area contributed by atoms with Gasteiger partial charge >= 0.3 is 6.18 Å². The lowest BCUT2D eigenvalue weighted by atomic mass is 9.97. The van der Waals surface area contributed by atoms with Crippen molar-refractivity contribution in [3.05, 3.63) is 59.4 Å². The standard InChI is InChI=1S/C20H20N4O.C2HF3O/c25-20-17-3-1-2-16-14(4-5-18(23-20)19(16)17)10-13-11-22-24(12-13)15-6-8-21-9-7-15;3-2(4,5)1-6/h1-5,11-12,15,21H,6-10H2,(H,23,25);1H. The summed E-state index contributed by atoms with van der Waals surface area (Å²) in [5, 5.41) is 13.1. The highest BCUT2D eigenvalue weighted by Gasteiger charge is 2.25. The van der Waals surface area contributed by atoms with Gasteiger partial charge in [0.25, 0.3) is 5.91 Å². The van der Waals surface area contributed by atoms with Crippen molar-refractivity contribution in [1.29, 1.82) is 0 Å². The van der Waals surface area contributed by atoms with E-state index in [0.717, 1.165) is 54.4 Å². The van der Waals surface area contributed by atoms with Gasteiger partial charge in [-0.1, -0.05) is 18.2 Å². The Morgan fingerprint density at radius 3 is 2.61 bits per heavy atom. The Labute approximate surface area is 176 Å². The molecule has 3 aromatic rings. The molecule has 0 unspecified atom stereocenters. The number of hydrogen-bond donors (Lipinski definition) is 2. The van der Waals surface area contributed by atoms with Crippen LogP contribution in [-0.4, -0.2) is 41.2 Å². The number of piperidine rings is 1. The van der Waals surface area contributed by atoms with Crippen LogP contribution < -0.4 is 10.6 Å². The number of rotatable bonds is 3. The van der Waals surface area contributed by atoms with E-state index in [9.17, 15) is 18.0 Å². The summed E-state index contributed by atoms with van der Waals surface area (Å²) >= 11 is 0. The first-order valence-corrected chi connectivity index (χ1v) is 9.98. The Morgan fingerprint density at radius 2 is 1.90 bits per heavy atom. The van der Waals surface area contributed by atoms with Crippen LogP contribution in [0, 0.1) is 0 Å². The fraction of sp³-hybridized carbons (Fsp3) is 0.318. The molecule has 2 aliphatic heterocycles. The quantitative estimate of drug-likeness (QED) is 0.619. The van der Waals surface area contributed by atoms with E-state index in [4.69, 9.17) is 4.79 Å². The first-order valence-electron chi connectivity index (χ1n) is 9.98. The van der Waals surface area contributed by atoms with Gasteiger partial charge in [0.05, 0.1) is 12.2 Å². The molecule has 0 bridgehead atoms. The predicted molar refractivity (Wildman–Crippen MR) is 110 cm³/mol. The van der Waals surface area contributed by atoms with Crippen molar-refractivity contribution in [3.8, 4) is 0 Å². The second-order valence-corrected chi connectivity index (χ2v) is 7.60. The molecule has 1 amide bonds. The number of aldehydes is 1. The smallest absolute Gasteiger partial charge is 0.321 e. The average molecular weight is 430 g/mol. The predicted octanol–water partition coefficient (Wildman–Crippen LogP) is 3.86. The number of carbonyl (C=O) groups excluding carboxylic acids is 2. The van der Waals surface area contributed by atoms with Crippen LogP contribution in [0.25, 0.3) is 10.8 Å². The first kappa shape index (κ1) is 21.0. The van der Waals surface area contributed by atoms with Crippen LogP contribution in [0.3, 0.4) is 0 Å². The van der Waals surface area contributed by atoms with Gasteiger partial charge in [-0.3, -0.25) is 14.3 Å². The van der Waals surface area contributed by atoms with Gasteiger partial charge < -0.3 is 10.6 Å². The second kappa shape index (κ2) is 8.50. The Hall–Kier alpha value is -3.20. The first-order chi connectivity index (χ1) is 14.9. The molecule has 0 saturated carbocycles. The lowest BCUT2D eigenvalue weighted by molar-refractivity contribution is -0.156. The summed E-state index contributed by atoms with van der Waals surface area (Å²) in [7, 11) is 0. The lowest BCUT2D eigenvalue weighted by Crippen LogP contribution is -2.29. The molecule has 1 aromatic heterocycles. The molecule has 2 aliphatic rings. The summed E-state index contributed by atoms with van der Waals surface area (Å²) in [6.07, 6.45) is 1.56. The molecule has 3 heterocycles. The maximum atomic E-state index is 12.1. The van der Waals surface area contributed by atoms with Crippen molar-refractivity contribution in [3.63, 3.8) is 0 Å². The number of hydrogen-bond acceptors (Lipinski definition) is 4. The summed E-state index contributed by atoms with van der Waals surface area (Å²) < 4.78 is 33.4. The number of alkyl halides is 3. The van der Waals surface area contributed by atoms with Crippen molar-refractivity contribution in [2.24, 2.45) is 0 Å². The molecule has 0 atom stereocenters. The number of nitrogens with one attached hydrogen (secondary N) is 2. The number of carbonyl (C=O) groups is 2. The molecule has 9 heteroatoms. The van der Waals surface area contributed by atoms with Crippen molar-refractivity contribution in [1.82, 2.24) is 15.1 Å². The fourth-order valence-corrected chi connectivity index (χ4v) is 4.06. The Bertz CT molecular complexity index is 1120. The number of benzene rings is 2. The molecule has 1 saturated heterocycles. The molecule has 2 N–H and O–H groups in total. The molecule has 2 aromatic carbocycles. The van der Waals surface area contributed by atoms with Gasteiger partial charge in [0.15, 0.2) is 0 Å². The van der Waals surface area contributed by atoms with Crippen LogP contribution in [0.5, 0.6) is 0 Å². The summed E-state index contributed by atoms with van der Waals surface area (Å²) in [6.45, 7) is 2.13. The van der Waals surface area contributed by atoms with Crippen molar-refractivity contribution in [2.45, 2.75) is 31.5 Å². The average Bonchev–Trinajstić information content (AvgIpc) is 3.36. The Kier molecular flexibility index (Phi) is 5.77. The molecule has 1 fully saturated rings. The van der Waals surface area contributed by atoms with E-state index in [-0.39, 0.29) is 5.91 Å². The van der Waals surface area contributed by atoms with E-state index in [1.54, 1.807) is 0 Å². The van der Waals surface area contributed by atoms with Crippen LogP contribution in [0.15, 0.2) is 42.7 Å². The zero-order valence-electron chi connectivity index (χ0n) is 16.6. The third-order valence-corrected chi connectivity index (χ3v) is 5.49. The van der Waals surface area contributed by atoms with Gasteiger partial charge in [-0.05, 0) is 54.6 Å². The molecule has 0 aliphatic carbocycles. The zero-order chi connectivity index (χ0) is 22.0. The van der Waals surface area contributed by atoms with E-state index in [2.05, 4.69) is 38.7 Å². The molecule has 6 nitrogen and oxygen atoms in total. The molecule has 5 rings (SSSR count). The minimum absolute atomic E-state index is 0.00326. The topological polar surface area (TPSA) is 76.0 Å². The van der Waals surface area contributed by atoms with Crippen molar-refractivity contribution >= 4 is 28.7 Å². The van der Waals surface area contributed by atoms with Gasteiger partial charge in [-0.25, -0.2) is 0 Å². The maximum Gasteiger partial charge on any atom is 0.446 e. The number of aromatic nitrogens is 2. The van der Waals surface area contributed by atoms with E-state index in [0.29, 0.717) is 6.04 Å². The minimum atomic E-state index is -4.64. The second-order valence-electron chi connectivity index (χ2n) is 7.60. The van der Waals surface area contributed by atoms with Crippen LogP contribution in [0.2, 0.25) is 0 Å². The summed E-state index contributed by atoms with van der Waals surface area (Å²) in [5.41, 5.74) is 4.16. The minimum Gasteiger partial charge on any atom is -0.321 e. The van der Waals surface area contributed by atoms with Gasteiger partial charge in [0.2, 0.25) is 6.29 Å². The summed E-state index contributed by atoms with van der Waals surface area (Å²) in [5.74, 6) is -0.00326. The summed E-state index contributed by atoms with van der Waals surface area (Å²) in [6, 6.07) is 10.6. The van der Waals surface area contributed by atoms with Crippen LogP contribution in [0.1, 0.15) is 40.4 Å². The molecule has 31 heavy (non-hydrogen) atoms. The third-order valence-electron chi connectivity index (χ3n) is 5.49. The van der Waals surface area contributed by atoms with E-state index < -0.39 is 12.5 Å². The Balaban J connectivity index is 0.000000342. The van der Waals surface area contributed by atoms with Gasteiger partial charge in [-0.2, -0.15) is 18.3 Å². The SMILES string of the molecule is O=C1Nc2ccc(Cc3cnn(C4CCNCC4)c3)c3cccc1c23.O=CC(F)(F)F. The summed E-state index contributed by atoms with van der Waals surface area (Å²) in [4.78, 5) is 20.8. The third kappa shape index (κ3) is 4.61. The monoisotopic (exact) mass is 430 g/mol. The molecule has 0 radical (unpaired) electrons. The van der Waals surface area contributed by atoms with Gasteiger partial charge in [0, 0.05) is 29.3 Å². The largest absolute Gasteiger partial charge is 0.446 e. The molecular weight excluding hydrogens is 409 g/mol. The Morgan fingerprint density at radius 1 is 1.16 bits per heavy atom. The maximum absolute atomic E-state index is 12.1. The van der Waals surface area contributed by atoms with Crippen molar-refractivity contribution in [2.75, 3.05) is 18.4 Å². The lowest BCUT2D eigenvalue weighted by Gasteiger charge is -2.22. The van der Waals surface area contributed by atoms with Crippen LogP contribution >= 0.6 is 0 Å². The normalized spacial score (nSPS) is 16.0. The van der Waals surface area contributed by atoms with Crippen LogP contribution in [-0.2, 0) is 11.2 Å². The number of anilines is 1. The van der Waals surface area contributed by atoms with E-state index in [1.807, 2.05) is 24.4 Å². The van der Waals surface area contributed by atoms with E-state index >= 15 is 0 Å². The molecule has 162 valence electrons. The highest BCUT2D eigenvalue weighted by Crippen LogP contribution is 2.35. The van der Waals surface area contributed by atoms with Gasteiger partial charge in [-0.15, -0.1) is 0 Å². The van der Waals surface area contributed by atoms with Gasteiger partial charge in [0.1, 0.15) is 0 Å². The van der Waals surface area contributed by atoms with Crippen LogP contribution in [0.4, 0.5) is 18.9 Å². The number of nitrogens with zero attached hydrogens (tertiary/aromatic N) is 2. The van der Waals surface area contributed by atoms with E-state index in [1.165, 1.54) is 11.1 Å². The molecular formula is C22H21F3N4O2. The number of halogens is 3. The molecule has 0 spiro atoms. The fourth-order valence-electron chi connectivity index (χ4n) is 4.06. The zero-order valence-corrected chi connectivity index (χ0v) is 16.6. The highest BCUT2D eigenvalue weighted by atomic mass is 19.4.